The minimum atomic E-state index is -3.66. The zero-order valence-corrected chi connectivity index (χ0v) is 15.4. The minimum absolute atomic E-state index is 0.124. The van der Waals surface area contributed by atoms with Crippen LogP contribution in [0.5, 0.6) is 5.75 Å². The molecule has 1 aromatic carbocycles. The molecule has 1 saturated carbocycles. The average molecular weight is 370 g/mol. The van der Waals surface area contributed by atoms with Crippen LogP contribution in [0.2, 0.25) is 5.02 Å². The van der Waals surface area contributed by atoms with Gasteiger partial charge in [0.25, 0.3) is 0 Å². The van der Waals surface area contributed by atoms with Crippen molar-refractivity contribution in [2.45, 2.75) is 30.7 Å². The quantitative estimate of drug-likeness (QED) is 0.775. The molecule has 1 aliphatic rings. The zero-order chi connectivity index (χ0) is 17.5. The molecule has 5 nitrogen and oxygen atoms in total. The first-order valence-corrected chi connectivity index (χ1v) is 9.53. The molecule has 1 aliphatic carbocycles. The van der Waals surface area contributed by atoms with Crippen LogP contribution in [0.4, 0.5) is 0 Å². The smallest absolute Gasteiger partial charge is 0.243 e. The summed E-state index contributed by atoms with van der Waals surface area (Å²) in [6.45, 7) is 2.35. The van der Waals surface area contributed by atoms with Gasteiger partial charge >= 0.3 is 0 Å². The van der Waals surface area contributed by atoms with Crippen LogP contribution in [0.15, 0.2) is 39.6 Å². The number of nitrogens with zero attached hydrogens (tertiary/aromatic N) is 1. The maximum absolute atomic E-state index is 12.7. The number of halogens is 1. The molecule has 0 N–H and O–H groups in total. The number of ether oxygens (including phenoxy) is 1. The normalized spacial score (nSPS) is 20.4. The Morgan fingerprint density at radius 2 is 2.04 bits per heavy atom. The van der Waals surface area contributed by atoms with Gasteiger partial charge in [0, 0.05) is 13.0 Å². The largest absolute Gasteiger partial charge is 0.495 e. The molecule has 0 spiro atoms. The number of furan rings is 1. The van der Waals surface area contributed by atoms with Crippen LogP contribution < -0.4 is 4.74 Å². The van der Waals surface area contributed by atoms with Crippen molar-refractivity contribution < 1.29 is 17.6 Å². The van der Waals surface area contributed by atoms with E-state index in [1.54, 1.807) is 6.07 Å². The standard InChI is InChI=1S/C17H20ClNO4S/c1-11-8-14(11)16-6-4-12(23-16)10-19(2)24(20,21)13-5-7-17(22-3)15(18)9-13/h4-7,9,11,14H,8,10H2,1-3H3/t11-,14-/m1/s1. The summed E-state index contributed by atoms with van der Waals surface area (Å²) in [6, 6.07) is 8.20. The predicted octanol–water partition coefficient (Wildman–Crippen LogP) is 3.89. The fourth-order valence-electron chi connectivity index (χ4n) is 2.69. The SMILES string of the molecule is COc1ccc(S(=O)(=O)N(C)Cc2ccc([C@@H]3C[C@H]3C)o2)cc1Cl. The van der Waals surface area contributed by atoms with Crippen molar-refractivity contribution in [1.29, 1.82) is 0 Å². The monoisotopic (exact) mass is 369 g/mol. The molecule has 0 aliphatic heterocycles. The van der Waals surface area contributed by atoms with Crippen molar-refractivity contribution in [2.75, 3.05) is 14.2 Å². The maximum Gasteiger partial charge on any atom is 0.243 e. The molecular weight excluding hydrogens is 350 g/mol. The van der Waals surface area contributed by atoms with Gasteiger partial charge < -0.3 is 9.15 Å². The number of methoxy groups -OCH3 is 1. The Labute approximate surface area is 147 Å². The van der Waals surface area contributed by atoms with E-state index in [0.29, 0.717) is 23.3 Å². The van der Waals surface area contributed by atoms with E-state index in [0.717, 1.165) is 12.2 Å². The lowest BCUT2D eigenvalue weighted by atomic mass is 10.3. The molecule has 0 saturated heterocycles. The van der Waals surface area contributed by atoms with Gasteiger partial charge in [-0.05, 0) is 42.7 Å². The highest BCUT2D eigenvalue weighted by molar-refractivity contribution is 7.89. The van der Waals surface area contributed by atoms with E-state index in [1.165, 1.54) is 30.6 Å². The molecule has 2 atom stereocenters. The summed E-state index contributed by atoms with van der Waals surface area (Å²) in [4.78, 5) is 0.124. The van der Waals surface area contributed by atoms with Gasteiger partial charge in [0.1, 0.15) is 17.3 Å². The van der Waals surface area contributed by atoms with E-state index in [-0.39, 0.29) is 16.5 Å². The Balaban J connectivity index is 1.76. The minimum Gasteiger partial charge on any atom is -0.495 e. The fraction of sp³-hybridized carbons (Fsp3) is 0.412. The third kappa shape index (κ3) is 3.31. The summed E-state index contributed by atoms with van der Waals surface area (Å²) in [5, 5.41) is 0.259. The van der Waals surface area contributed by atoms with Gasteiger partial charge in [0.15, 0.2) is 0 Å². The number of hydrogen-bond acceptors (Lipinski definition) is 4. The second-order valence-electron chi connectivity index (χ2n) is 6.18. The van der Waals surface area contributed by atoms with E-state index in [4.69, 9.17) is 20.8 Å². The van der Waals surface area contributed by atoms with Gasteiger partial charge in [0.05, 0.1) is 23.6 Å². The molecule has 1 heterocycles. The Morgan fingerprint density at radius 1 is 1.33 bits per heavy atom. The third-order valence-electron chi connectivity index (χ3n) is 4.37. The second kappa shape index (κ2) is 6.43. The van der Waals surface area contributed by atoms with Crippen molar-refractivity contribution in [3.8, 4) is 5.75 Å². The van der Waals surface area contributed by atoms with E-state index in [2.05, 4.69) is 6.92 Å². The van der Waals surface area contributed by atoms with Crippen molar-refractivity contribution in [1.82, 2.24) is 4.31 Å². The summed E-state index contributed by atoms with van der Waals surface area (Å²) >= 11 is 6.03. The molecule has 3 rings (SSSR count). The maximum atomic E-state index is 12.7. The molecular formula is C17H20ClNO4S. The average Bonchev–Trinajstić information content (AvgIpc) is 3.09. The summed E-state index contributed by atoms with van der Waals surface area (Å²) in [5.41, 5.74) is 0. The lowest BCUT2D eigenvalue weighted by Crippen LogP contribution is -2.26. The molecule has 1 aromatic heterocycles. The molecule has 1 fully saturated rings. The molecule has 0 bridgehead atoms. The van der Waals surface area contributed by atoms with Crippen LogP contribution >= 0.6 is 11.6 Å². The highest BCUT2D eigenvalue weighted by atomic mass is 35.5. The first-order chi connectivity index (χ1) is 11.3. The molecule has 2 aromatic rings. The molecule has 24 heavy (non-hydrogen) atoms. The van der Waals surface area contributed by atoms with Crippen molar-refractivity contribution in [3.63, 3.8) is 0 Å². The molecule has 0 unspecified atom stereocenters. The molecule has 0 radical (unpaired) electrons. The Bertz CT molecular complexity index is 846. The lowest BCUT2D eigenvalue weighted by molar-refractivity contribution is 0.389. The third-order valence-corrected chi connectivity index (χ3v) is 6.46. The first-order valence-electron chi connectivity index (χ1n) is 7.71. The Kier molecular flexibility index (Phi) is 4.64. The Morgan fingerprint density at radius 3 is 2.62 bits per heavy atom. The van der Waals surface area contributed by atoms with E-state index in [1.807, 2.05) is 12.1 Å². The number of hydrogen-bond donors (Lipinski definition) is 0. The van der Waals surface area contributed by atoms with Gasteiger partial charge in [0.2, 0.25) is 10.0 Å². The topological polar surface area (TPSA) is 59.8 Å². The highest BCUT2D eigenvalue weighted by Crippen LogP contribution is 2.47. The highest BCUT2D eigenvalue weighted by Gasteiger charge is 2.36. The zero-order valence-electron chi connectivity index (χ0n) is 13.8. The first kappa shape index (κ1) is 17.3. The fourth-order valence-corrected chi connectivity index (χ4v) is 4.18. The van der Waals surface area contributed by atoms with Crippen LogP contribution in [-0.4, -0.2) is 26.9 Å². The molecule has 7 heteroatoms. The summed E-state index contributed by atoms with van der Waals surface area (Å²) in [6.07, 6.45) is 1.13. The van der Waals surface area contributed by atoms with Crippen LogP contribution in [0.3, 0.4) is 0 Å². The van der Waals surface area contributed by atoms with E-state index >= 15 is 0 Å². The van der Waals surface area contributed by atoms with Gasteiger partial charge in [-0.25, -0.2) is 8.42 Å². The lowest BCUT2D eigenvalue weighted by Gasteiger charge is -2.16. The summed E-state index contributed by atoms with van der Waals surface area (Å²) in [7, 11) is -0.651. The van der Waals surface area contributed by atoms with Crippen molar-refractivity contribution in [2.24, 2.45) is 5.92 Å². The number of sulfonamides is 1. The number of benzene rings is 1. The summed E-state index contributed by atoms with van der Waals surface area (Å²) < 4.78 is 37.5. The second-order valence-corrected chi connectivity index (χ2v) is 8.63. The van der Waals surface area contributed by atoms with E-state index < -0.39 is 10.0 Å². The van der Waals surface area contributed by atoms with Crippen molar-refractivity contribution >= 4 is 21.6 Å². The van der Waals surface area contributed by atoms with Crippen LogP contribution in [-0.2, 0) is 16.6 Å². The van der Waals surface area contributed by atoms with Gasteiger partial charge in [-0.3, -0.25) is 0 Å². The van der Waals surface area contributed by atoms with Gasteiger partial charge in [-0.15, -0.1) is 0 Å². The van der Waals surface area contributed by atoms with Gasteiger partial charge in [-0.2, -0.15) is 4.31 Å². The van der Waals surface area contributed by atoms with Crippen molar-refractivity contribution in [3.05, 3.63) is 46.9 Å². The van der Waals surface area contributed by atoms with Gasteiger partial charge in [-0.1, -0.05) is 18.5 Å². The Hall–Kier alpha value is -1.50. The summed E-state index contributed by atoms with van der Waals surface area (Å²) in [5.74, 6) is 3.13. The van der Waals surface area contributed by atoms with Crippen LogP contribution in [0.1, 0.15) is 30.8 Å². The molecule has 0 amide bonds. The van der Waals surface area contributed by atoms with E-state index in [9.17, 15) is 8.42 Å². The predicted molar refractivity (Wildman–Crippen MR) is 91.9 cm³/mol. The van der Waals surface area contributed by atoms with Crippen LogP contribution in [0.25, 0.3) is 0 Å². The molecule has 130 valence electrons. The van der Waals surface area contributed by atoms with Crippen LogP contribution in [0, 0.1) is 5.92 Å². The number of rotatable bonds is 6.